The largest absolute Gasteiger partial charge is 0.363 e. The van der Waals surface area contributed by atoms with Crippen molar-refractivity contribution in [3.63, 3.8) is 0 Å². The van der Waals surface area contributed by atoms with Gasteiger partial charge in [-0.25, -0.2) is 8.42 Å². The van der Waals surface area contributed by atoms with E-state index in [0.29, 0.717) is 12.2 Å². The fraction of sp³-hybridized carbons (Fsp3) is 0.333. The normalized spacial score (nSPS) is 11.5. The van der Waals surface area contributed by atoms with Crippen molar-refractivity contribution in [2.24, 2.45) is 0 Å². The van der Waals surface area contributed by atoms with Gasteiger partial charge >= 0.3 is 0 Å². The SMILES string of the molecule is CCNCc1cc(S(=O)(=O)Nc2ccc(CC)cc2)c[nH]1. The Hall–Kier alpha value is -1.79. The van der Waals surface area contributed by atoms with Crippen LogP contribution in [0.4, 0.5) is 5.69 Å². The summed E-state index contributed by atoms with van der Waals surface area (Å²) in [5.41, 5.74) is 2.59. The van der Waals surface area contributed by atoms with Gasteiger partial charge in [-0.2, -0.15) is 0 Å². The molecule has 0 amide bonds. The van der Waals surface area contributed by atoms with Crippen molar-refractivity contribution in [2.75, 3.05) is 11.3 Å². The molecular weight excluding hydrogens is 286 g/mol. The summed E-state index contributed by atoms with van der Waals surface area (Å²) in [7, 11) is -3.55. The molecule has 2 aromatic rings. The Morgan fingerprint density at radius 3 is 2.48 bits per heavy atom. The highest BCUT2D eigenvalue weighted by Gasteiger charge is 2.16. The second-order valence-electron chi connectivity index (χ2n) is 4.80. The minimum absolute atomic E-state index is 0.245. The van der Waals surface area contributed by atoms with Crippen LogP contribution in [0.5, 0.6) is 0 Å². The molecular formula is C15H21N3O2S. The van der Waals surface area contributed by atoms with Crippen LogP contribution in [-0.2, 0) is 23.0 Å². The molecule has 0 saturated heterocycles. The van der Waals surface area contributed by atoms with Crippen LogP contribution in [0.1, 0.15) is 25.1 Å². The fourth-order valence-corrected chi connectivity index (χ4v) is 3.03. The lowest BCUT2D eigenvalue weighted by molar-refractivity contribution is 0.601. The zero-order valence-electron chi connectivity index (χ0n) is 12.3. The average molecular weight is 307 g/mol. The van der Waals surface area contributed by atoms with E-state index in [-0.39, 0.29) is 4.90 Å². The summed E-state index contributed by atoms with van der Waals surface area (Å²) in [6, 6.07) is 9.05. The first-order chi connectivity index (χ1) is 10.0. The molecule has 0 fully saturated rings. The van der Waals surface area contributed by atoms with Gasteiger partial charge in [0.15, 0.2) is 0 Å². The van der Waals surface area contributed by atoms with E-state index < -0.39 is 10.0 Å². The van der Waals surface area contributed by atoms with Crippen LogP contribution in [-0.4, -0.2) is 19.9 Å². The van der Waals surface area contributed by atoms with Crippen LogP contribution in [0.25, 0.3) is 0 Å². The van der Waals surface area contributed by atoms with E-state index in [0.717, 1.165) is 18.7 Å². The maximum absolute atomic E-state index is 12.3. The van der Waals surface area contributed by atoms with Crippen LogP contribution in [0, 0.1) is 0 Å². The first-order valence-electron chi connectivity index (χ1n) is 7.05. The van der Waals surface area contributed by atoms with Crippen molar-refractivity contribution >= 4 is 15.7 Å². The molecule has 0 radical (unpaired) electrons. The third-order valence-corrected chi connectivity index (χ3v) is 4.57. The molecule has 0 aliphatic rings. The van der Waals surface area contributed by atoms with Gasteiger partial charge in [-0.1, -0.05) is 26.0 Å². The molecule has 1 aromatic heterocycles. The molecule has 0 atom stereocenters. The number of aryl methyl sites for hydroxylation is 1. The van der Waals surface area contributed by atoms with Crippen molar-refractivity contribution < 1.29 is 8.42 Å². The number of H-pyrrole nitrogens is 1. The maximum Gasteiger partial charge on any atom is 0.263 e. The summed E-state index contributed by atoms with van der Waals surface area (Å²) in [5, 5.41) is 3.15. The number of sulfonamides is 1. The quantitative estimate of drug-likeness (QED) is 0.736. The van der Waals surface area contributed by atoms with Crippen LogP contribution < -0.4 is 10.0 Å². The molecule has 3 N–H and O–H groups in total. The van der Waals surface area contributed by atoms with Gasteiger partial charge in [-0.15, -0.1) is 0 Å². The molecule has 0 spiro atoms. The van der Waals surface area contributed by atoms with E-state index in [1.54, 1.807) is 18.2 Å². The highest BCUT2D eigenvalue weighted by Crippen LogP contribution is 2.17. The molecule has 2 rings (SSSR count). The lowest BCUT2D eigenvalue weighted by Crippen LogP contribution is -2.13. The Morgan fingerprint density at radius 1 is 1.14 bits per heavy atom. The zero-order valence-corrected chi connectivity index (χ0v) is 13.1. The van der Waals surface area contributed by atoms with E-state index in [1.165, 1.54) is 11.8 Å². The van der Waals surface area contributed by atoms with E-state index in [1.807, 2.05) is 19.1 Å². The van der Waals surface area contributed by atoms with Gasteiger partial charge in [0.2, 0.25) is 0 Å². The fourth-order valence-electron chi connectivity index (χ4n) is 1.96. The second-order valence-corrected chi connectivity index (χ2v) is 6.48. The Morgan fingerprint density at radius 2 is 1.86 bits per heavy atom. The summed E-state index contributed by atoms with van der Waals surface area (Å²) in [6.45, 7) is 5.52. The molecule has 0 saturated carbocycles. The maximum atomic E-state index is 12.3. The van der Waals surface area contributed by atoms with Crippen molar-refractivity contribution in [3.05, 3.63) is 47.8 Å². The summed E-state index contributed by atoms with van der Waals surface area (Å²) < 4.78 is 27.2. The average Bonchev–Trinajstić information content (AvgIpc) is 2.95. The zero-order chi connectivity index (χ0) is 15.3. The standard InChI is InChI=1S/C15H21N3O2S/c1-3-12-5-7-13(8-6-12)18-21(19,20)15-9-14(17-11-15)10-16-4-2/h5-9,11,16-18H,3-4,10H2,1-2H3. The molecule has 0 aliphatic carbocycles. The van der Waals surface area contributed by atoms with Gasteiger partial charge in [0.1, 0.15) is 4.90 Å². The first kappa shape index (κ1) is 15.6. The number of nitrogens with one attached hydrogen (secondary N) is 3. The number of hydrogen-bond donors (Lipinski definition) is 3. The second kappa shape index (κ2) is 6.78. The monoisotopic (exact) mass is 307 g/mol. The topological polar surface area (TPSA) is 74.0 Å². The van der Waals surface area contributed by atoms with Crippen LogP contribution in [0.2, 0.25) is 0 Å². The van der Waals surface area contributed by atoms with Gasteiger partial charge in [-0.05, 0) is 36.7 Å². The van der Waals surface area contributed by atoms with Gasteiger partial charge in [-0.3, -0.25) is 4.72 Å². The first-order valence-corrected chi connectivity index (χ1v) is 8.53. The smallest absolute Gasteiger partial charge is 0.263 e. The van der Waals surface area contributed by atoms with Crippen LogP contribution >= 0.6 is 0 Å². The Labute approximate surface area is 125 Å². The molecule has 21 heavy (non-hydrogen) atoms. The minimum Gasteiger partial charge on any atom is -0.363 e. The molecule has 0 bridgehead atoms. The Balaban J connectivity index is 2.11. The van der Waals surface area contributed by atoms with E-state index in [4.69, 9.17) is 0 Å². The predicted octanol–water partition coefficient (Wildman–Crippen LogP) is 2.49. The minimum atomic E-state index is -3.55. The van der Waals surface area contributed by atoms with Crippen molar-refractivity contribution in [1.82, 2.24) is 10.3 Å². The Bertz CT molecular complexity index is 675. The highest BCUT2D eigenvalue weighted by molar-refractivity contribution is 7.92. The summed E-state index contributed by atoms with van der Waals surface area (Å²) in [5.74, 6) is 0. The third-order valence-electron chi connectivity index (χ3n) is 3.21. The van der Waals surface area contributed by atoms with Crippen LogP contribution in [0.3, 0.4) is 0 Å². The molecule has 114 valence electrons. The number of aromatic amines is 1. The molecule has 1 heterocycles. The number of benzene rings is 1. The molecule has 6 heteroatoms. The van der Waals surface area contributed by atoms with E-state index >= 15 is 0 Å². The highest BCUT2D eigenvalue weighted by atomic mass is 32.2. The van der Waals surface area contributed by atoms with Crippen molar-refractivity contribution in [3.8, 4) is 0 Å². The molecule has 0 unspecified atom stereocenters. The van der Waals surface area contributed by atoms with E-state index in [9.17, 15) is 8.42 Å². The summed E-state index contributed by atoms with van der Waals surface area (Å²) in [6.07, 6.45) is 2.44. The van der Waals surface area contributed by atoms with Gasteiger partial charge in [0.25, 0.3) is 10.0 Å². The Kier molecular flexibility index (Phi) is 5.03. The van der Waals surface area contributed by atoms with E-state index in [2.05, 4.69) is 21.9 Å². The molecule has 1 aromatic carbocycles. The van der Waals surface area contributed by atoms with Crippen molar-refractivity contribution in [2.45, 2.75) is 31.7 Å². The summed E-state index contributed by atoms with van der Waals surface area (Å²) >= 11 is 0. The third kappa shape index (κ3) is 4.09. The number of hydrogen-bond acceptors (Lipinski definition) is 3. The number of anilines is 1. The molecule has 0 aliphatic heterocycles. The van der Waals surface area contributed by atoms with Gasteiger partial charge in [0.05, 0.1) is 0 Å². The summed E-state index contributed by atoms with van der Waals surface area (Å²) in [4.78, 5) is 3.21. The number of aromatic nitrogens is 1. The predicted molar refractivity (Wildman–Crippen MR) is 84.8 cm³/mol. The lowest BCUT2D eigenvalue weighted by atomic mass is 10.2. The number of rotatable bonds is 7. The van der Waals surface area contributed by atoms with Gasteiger partial charge < -0.3 is 10.3 Å². The lowest BCUT2D eigenvalue weighted by Gasteiger charge is -2.07. The van der Waals surface area contributed by atoms with Crippen LogP contribution in [0.15, 0.2) is 41.4 Å². The molecule has 5 nitrogen and oxygen atoms in total. The van der Waals surface area contributed by atoms with Crippen molar-refractivity contribution in [1.29, 1.82) is 0 Å². The van der Waals surface area contributed by atoms with Gasteiger partial charge in [0, 0.05) is 24.1 Å².